The van der Waals surface area contributed by atoms with E-state index in [-0.39, 0.29) is 16.3 Å². The summed E-state index contributed by atoms with van der Waals surface area (Å²) in [7, 11) is -3.68. The molecular weight excluding hydrogens is 296 g/mol. The molecular formula is C9H8N2O4S3. The monoisotopic (exact) mass is 304 g/mol. The lowest BCUT2D eigenvalue weighted by Gasteiger charge is -2.01. The largest absolute Gasteiger partial charge is 0.478 e. The third kappa shape index (κ3) is 2.93. The summed E-state index contributed by atoms with van der Waals surface area (Å²) < 4.78 is 26.0. The summed E-state index contributed by atoms with van der Waals surface area (Å²) in [6.45, 7) is 0.0975. The molecule has 96 valence electrons. The van der Waals surface area contributed by atoms with Crippen molar-refractivity contribution in [1.29, 1.82) is 0 Å². The molecule has 0 saturated carbocycles. The maximum Gasteiger partial charge on any atom is 0.336 e. The number of aromatic nitrogens is 1. The topological polar surface area (TPSA) is 96.4 Å². The number of sulfonamides is 1. The molecule has 0 unspecified atom stereocenters. The maximum atomic E-state index is 11.8. The van der Waals surface area contributed by atoms with Crippen molar-refractivity contribution < 1.29 is 18.3 Å². The van der Waals surface area contributed by atoms with Crippen LogP contribution in [0.3, 0.4) is 0 Å². The van der Waals surface area contributed by atoms with Crippen LogP contribution in [0.2, 0.25) is 0 Å². The Morgan fingerprint density at radius 1 is 1.44 bits per heavy atom. The Bertz CT molecular complexity index is 645. The number of carboxylic acids is 1. The van der Waals surface area contributed by atoms with Crippen molar-refractivity contribution in [2.24, 2.45) is 0 Å². The molecule has 0 aromatic carbocycles. The van der Waals surface area contributed by atoms with Gasteiger partial charge in [0.1, 0.15) is 9.22 Å². The van der Waals surface area contributed by atoms with Crippen molar-refractivity contribution in [3.63, 3.8) is 0 Å². The van der Waals surface area contributed by atoms with Crippen molar-refractivity contribution in [3.8, 4) is 0 Å². The van der Waals surface area contributed by atoms with Crippen LogP contribution in [0.5, 0.6) is 0 Å². The zero-order valence-corrected chi connectivity index (χ0v) is 11.3. The van der Waals surface area contributed by atoms with Gasteiger partial charge < -0.3 is 5.11 Å². The summed E-state index contributed by atoms with van der Waals surface area (Å²) in [5.74, 6) is -1.15. The predicted octanol–water partition coefficient (Wildman–Crippen LogP) is 1.38. The Morgan fingerprint density at radius 2 is 2.22 bits per heavy atom. The van der Waals surface area contributed by atoms with Crippen molar-refractivity contribution in [2.75, 3.05) is 0 Å². The van der Waals surface area contributed by atoms with Gasteiger partial charge in [-0.3, -0.25) is 0 Å². The van der Waals surface area contributed by atoms with Crippen molar-refractivity contribution >= 4 is 38.7 Å². The van der Waals surface area contributed by atoms with Crippen LogP contribution in [-0.4, -0.2) is 24.5 Å². The highest BCUT2D eigenvalue weighted by Gasteiger charge is 2.18. The third-order valence-electron chi connectivity index (χ3n) is 1.98. The van der Waals surface area contributed by atoms with E-state index in [1.165, 1.54) is 16.7 Å². The molecule has 0 aliphatic rings. The van der Waals surface area contributed by atoms with Gasteiger partial charge in [0.25, 0.3) is 0 Å². The average Bonchev–Trinajstić information content (AvgIpc) is 2.98. The average molecular weight is 304 g/mol. The highest BCUT2D eigenvalue weighted by Crippen LogP contribution is 2.20. The van der Waals surface area contributed by atoms with E-state index in [9.17, 15) is 13.2 Å². The van der Waals surface area contributed by atoms with Crippen molar-refractivity contribution in [3.05, 3.63) is 33.6 Å². The van der Waals surface area contributed by atoms with Gasteiger partial charge >= 0.3 is 5.97 Å². The Labute approximate surface area is 111 Å². The van der Waals surface area contributed by atoms with Gasteiger partial charge in [-0.15, -0.1) is 22.7 Å². The molecule has 0 amide bonds. The van der Waals surface area contributed by atoms with E-state index in [2.05, 4.69) is 9.71 Å². The second kappa shape index (κ2) is 5.14. The minimum absolute atomic E-state index is 0.0172. The van der Waals surface area contributed by atoms with Crippen molar-refractivity contribution in [1.82, 2.24) is 9.71 Å². The fraction of sp³-hybridized carbons (Fsp3) is 0.111. The standard InChI is InChI=1S/C9H8N2O4S3/c12-9(13)6-3-8(17-5-6)18(14,15)11-4-7-10-1-2-16-7/h1-3,5,11H,4H2,(H,12,13). The van der Waals surface area contributed by atoms with Crippen molar-refractivity contribution in [2.45, 2.75) is 10.8 Å². The van der Waals surface area contributed by atoms with Crippen LogP contribution >= 0.6 is 22.7 Å². The molecule has 0 spiro atoms. The van der Waals surface area contributed by atoms with E-state index in [4.69, 9.17) is 5.11 Å². The molecule has 2 aromatic heterocycles. The number of carboxylic acid groups (broad SMARTS) is 1. The molecule has 0 fully saturated rings. The minimum Gasteiger partial charge on any atom is -0.478 e. The highest BCUT2D eigenvalue weighted by atomic mass is 32.2. The Balaban J connectivity index is 2.12. The Kier molecular flexibility index (Phi) is 3.76. The highest BCUT2D eigenvalue weighted by molar-refractivity contribution is 7.91. The van der Waals surface area contributed by atoms with Gasteiger partial charge in [0.15, 0.2) is 0 Å². The third-order valence-corrected chi connectivity index (χ3v) is 5.60. The van der Waals surface area contributed by atoms with Gasteiger partial charge in [0.05, 0.1) is 12.1 Å². The molecule has 18 heavy (non-hydrogen) atoms. The minimum atomic E-state index is -3.68. The maximum absolute atomic E-state index is 11.8. The van der Waals surface area contributed by atoms with Crippen LogP contribution in [0, 0.1) is 0 Å². The van der Waals surface area contributed by atoms with Crippen LogP contribution in [-0.2, 0) is 16.6 Å². The molecule has 0 bridgehead atoms. The molecule has 2 heterocycles. The molecule has 0 saturated heterocycles. The first-order valence-corrected chi connectivity index (χ1v) is 7.93. The summed E-state index contributed by atoms with van der Waals surface area (Å²) in [6.07, 6.45) is 1.59. The molecule has 2 N–H and O–H groups in total. The van der Waals surface area contributed by atoms with Crippen LogP contribution in [0.15, 0.2) is 27.2 Å². The second-order valence-corrected chi connectivity index (χ2v) is 7.09. The van der Waals surface area contributed by atoms with Crippen LogP contribution in [0.25, 0.3) is 0 Å². The molecule has 0 aliphatic carbocycles. The fourth-order valence-electron chi connectivity index (χ4n) is 1.14. The smallest absolute Gasteiger partial charge is 0.336 e. The number of hydrogen-bond donors (Lipinski definition) is 2. The first-order valence-electron chi connectivity index (χ1n) is 4.69. The van der Waals surface area contributed by atoms with Gasteiger partial charge in [0, 0.05) is 17.0 Å². The molecule has 6 nitrogen and oxygen atoms in total. The number of hydrogen-bond acceptors (Lipinski definition) is 6. The number of nitrogens with one attached hydrogen (secondary N) is 1. The van der Waals surface area contributed by atoms with Gasteiger partial charge in [0.2, 0.25) is 10.0 Å². The van der Waals surface area contributed by atoms with Gasteiger partial charge in [-0.25, -0.2) is 22.9 Å². The number of aromatic carboxylic acids is 1. The van der Waals surface area contributed by atoms with Gasteiger partial charge in [-0.05, 0) is 6.07 Å². The lowest BCUT2D eigenvalue weighted by atomic mass is 10.4. The van der Waals surface area contributed by atoms with E-state index in [1.54, 1.807) is 11.6 Å². The van der Waals surface area contributed by atoms with E-state index in [0.717, 1.165) is 17.4 Å². The summed E-state index contributed by atoms with van der Waals surface area (Å²) >= 11 is 2.21. The SMILES string of the molecule is O=C(O)c1csc(S(=O)(=O)NCc2nccs2)c1. The van der Waals surface area contributed by atoms with Gasteiger partial charge in [-0.1, -0.05) is 0 Å². The normalized spacial score (nSPS) is 11.6. The zero-order chi connectivity index (χ0) is 13.2. The van der Waals surface area contributed by atoms with E-state index in [1.807, 2.05) is 0 Å². The Morgan fingerprint density at radius 3 is 2.78 bits per heavy atom. The number of nitrogens with zero attached hydrogens (tertiary/aromatic N) is 1. The molecule has 0 atom stereocenters. The predicted molar refractivity (Wildman–Crippen MR) is 67.4 cm³/mol. The molecule has 0 radical (unpaired) electrons. The summed E-state index contributed by atoms with van der Waals surface area (Å²) in [5.41, 5.74) is -0.0328. The number of carbonyl (C=O) groups is 1. The first kappa shape index (κ1) is 13.1. The number of rotatable bonds is 5. The van der Waals surface area contributed by atoms with Crippen LogP contribution in [0.4, 0.5) is 0 Å². The molecule has 0 aliphatic heterocycles. The Hall–Kier alpha value is -1.29. The first-order chi connectivity index (χ1) is 8.49. The van der Waals surface area contributed by atoms with E-state index < -0.39 is 16.0 Å². The molecule has 2 rings (SSSR count). The van der Waals surface area contributed by atoms with E-state index in [0.29, 0.717) is 5.01 Å². The van der Waals surface area contributed by atoms with Gasteiger partial charge in [-0.2, -0.15) is 0 Å². The summed E-state index contributed by atoms with van der Waals surface area (Å²) in [4.78, 5) is 14.6. The quantitative estimate of drug-likeness (QED) is 0.870. The second-order valence-electron chi connectivity index (χ2n) is 3.21. The number of thiophene rings is 1. The molecule has 9 heteroatoms. The summed E-state index contributed by atoms with van der Waals surface area (Å²) in [6, 6.07) is 1.14. The summed E-state index contributed by atoms with van der Waals surface area (Å²) in [5, 5.41) is 12.4. The van der Waals surface area contributed by atoms with Crippen LogP contribution in [0.1, 0.15) is 15.4 Å². The fourth-order valence-corrected chi connectivity index (χ4v) is 3.97. The van der Waals surface area contributed by atoms with Crippen LogP contribution < -0.4 is 4.72 Å². The zero-order valence-electron chi connectivity index (χ0n) is 8.86. The number of thiazole rings is 1. The lowest BCUT2D eigenvalue weighted by Crippen LogP contribution is -2.22. The molecule has 2 aromatic rings. The van der Waals surface area contributed by atoms with E-state index >= 15 is 0 Å². The lowest BCUT2D eigenvalue weighted by molar-refractivity contribution is 0.0697.